The molecule has 6 nitrogen and oxygen atoms in total. The van der Waals surface area contributed by atoms with Crippen LogP contribution >= 0.6 is 0 Å². The summed E-state index contributed by atoms with van der Waals surface area (Å²) in [5, 5.41) is 6.02. The number of aryl methyl sites for hydroxylation is 1. The number of rotatable bonds is 5. The summed E-state index contributed by atoms with van der Waals surface area (Å²) in [7, 11) is 0. The zero-order valence-electron chi connectivity index (χ0n) is 15.4. The van der Waals surface area contributed by atoms with Gasteiger partial charge in [-0.1, -0.05) is 6.07 Å². The number of piperidine rings is 1. The lowest BCUT2D eigenvalue weighted by Gasteiger charge is -2.33. The Bertz CT molecular complexity index is 728. The van der Waals surface area contributed by atoms with Gasteiger partial charge in [-0.15, -0.1) is 0 Å². The van der Waals surface area contributed by atoms with Crippen molar-refractivity contribution < 1.29 is 9.53 Å². The van der Waals surface area contributed by atoms with E-state index in [1.165, 1.54) is 0 Å². The molecule has 1 aromatic heterocycles. The zero-order valence-corrected chi connectivity index (χ0v) is 15.4. The van der Waals surface area contributed by atoms with Crippen LogP contribution in [0.2, 0.25) is 0 Å². The van der Waals surface area contributed by atoms with E-state index < -0.39 is 0 Å². The molecule has 0 aliphatic carbocycles. The number of nitrogens with one attached hydrogen (secondary N) is 2. The molecule has 1 fully saturated rings. The Kier molecular flexibility index (Phi) is 5.94. The van der Waals surface area contributed by atoms with Crippen LogP contribution in [0.25, 0.3) is 0 Å². The van der Waals surface area contributed by atoms with Gasteiger partial charge in [0.15, 0.2) is 0 Å². The van der Waals surface area contributed by atoms with Crippen molar-refractivity contribution in [1.29, 1.82) is 0 Å². The number of ether oxygens (including phenoxy) is 1. The predicted molar refractivity (Wildman–Crippen MR) is 104 cm³/mol. The average Bonchev–Trinajstić information content (AvgIpc) is 2.65. The van der Waals surface area contributed by atoms with E-state index in [1.54, 1.807) is 0 Å². The molecule has 0 radical (unpaired) electrons. The number of nitrogens with zero attached hydrogens (tertiary/aromatic N) is 2. The summed E-state index contributed by atoms with van der Waals surface area (Å²) in [6.07, 6.45) is 3.63. The Labute approximate surface area is 154 Å². The van der Waals surface area contributed by atoms with Crippen LogP contribution in [0.3, 0.4) is 0 Å². The van der Waals surface area contributed by atoms with Crippen LogP contribution in [0.5, 0.6) is 5.75 Å². The zero-order chi connectivity index (χ0) is 18.4. The number of pyridine rings is 1. The number of anilines is 2. The van der Waals surface area contributed by atoms with E-state index in [4.69, 9.17) is 4.74 Å². The third-order valence-electron chi connectivity index (χ3n) is 4.56. The van der Waals surface area contributed by atoms with Gasteiger partial charge in [0.2, 0.25) is 0 Å². The molecular weight excluding hydrogens is 328 g/mol. The first kappa shape index (κ1) is 18.0. The van der Waals surface area contributed by atoms with Crippen LogP contribution in [0, 0.1) is 6.92 Å². The van der Waals surface area contributed by atoms with Gasteiger partial charge in [0.25, 0.3) is 0 Å². The fourth-order valence-electron chi connectivity index (χ4n) is 3.17. The standard InChI is InChI=1S/C20H26N4O2/c1-3-26-17-7-8-18(15(2)14-17)23-20(25)22-16-9-12-24(13-10-16)19-6-4-5-11-21-19/h4-8,11,14,16H,3,9-10,12-13H2,1-2H3,(H2,22,23,25). The topological polar surface area (TPSA) is 66.5 Å². The minimum absolute atomic E-state index is 0.159. The van der Waals surface area contributed by atoms with Crippen LogP contribution in [0.1, 0.15) is 25.3 Å². The summed E-state index contributed by atoms with van der Waals surface area (Å²) >= 11 is 0. The lowest BCUT2D eigenvalue weighted by Crippen LogP contribution is -2.46. The van der Waals surface area contributed by atoms with Gasteiger partial charge in [-0.05, 0) is 62.6 Å². The van der Waals surface area contributed by atoms with Crippen LogP contribution in [0.15, 0.2) is 42.6 Å². The molecule has 0 unspecified atom stereocenters. The van der Waals surface area contributed by atoms with Crippen molar-refractivity contribution in [3.8, 4) is 5.75 Å². The summed E-state index contributed by atoms with van der Waals surface area (Å²) in [6.45, 7) is 6.33. The highest BCUT2D eigenvalue weighted by Gasteiger charge is 2.21. The Balaban J connectivity index is 1.49. The van der Waals surface area contributed by atoms with Gasteiger partial charge < -0.3 is 20.3 Å². The quantitative estimate of drug-likeness (QED) is 0.861. The van der Waals surface area contributed by atoms with Crippen molar-refractivity contribution >= 4 is 17.5 Å². The highest BCUT2D eigenvalue weighted by molar-refractivity contribution is 5.90. The van der Waals surface area contributed by atoms with Gasteiger partial charge in [-0.2, -0.15) is 0 Å². The Hall–Kier alpha value is -2.76. The van der Waals surface area contributed by atoms with E-state index in [0.29, 0.717) is 6.61 Å². The van der Waals surface area contributed by atoms with Gasteiger partial charge in [0, 0.05) is 31.0 Å². The van der Waals surface area contributed by atoms with Crippen LogP contribution in [0.4, 0.5) is 16.3 Å². The molecule has 3 rings (SSSR count). The van der Waals surface area contributed by atoms with Crippen molar-refractivity contribution in [2.45, 2.75) is 32.7 Å². The molecule has 0 spiro atoms. The third-order valence-corrected chi connectivity index (χ3v) is 4.56. The SMILES string of the molecule is CCOc1ccc(NC(=O)NC2CCN(c3ccccn3)CC2)c(C)c1. The van der Waals surface area contributed by atoms with Crippen LogP contribution in [-0.4, -0.2) is 36.8 Å². The van der Waals surface area contributed by atoms with E-state index in [2.05, 4.69) is 20.5 Å². The van der Waals surface area contributed by atoms with Crippen LogP contribution in [-0.2, 0) is 0 Å². The molecule has 2 amide bonds. The van der Waals surface area contributed by atoms with Crippen molar-refractivity contribution in [2.75, 3.05) is 29.9 Å². The molecule has 1 aliphatic rings. The number of aromatic nitrogens is 1. The number of amides is 2. The lowest BCUT2D eigenvalue weighted by atomic mass is 10.1. The normalized spacial score (nSPS) is 14.8. The summed E-state index contributed by atoms with van der Waals surface area (Å²) in [6, 6.07) is 11.6. The van der Waals surface area contributed by atoms with Gasteiger partial charge in [0.1, 0.15) is 11.6 Å². The summed E-state index contributed by atoms with van der Waals surface area (Å²) in [5.41, 5.74) is 1.79. The molecule has 0 bridgehead atoms. The molecule has 0 saturated carbocycles. The number of urea groups is 1. The molecule has 2 aromatic rings. The molecule has 0 atom stereocenters. The predicted octanol–water partition coefficient (Wildman–Crippen LogP) is 3.58. The number of hydrogen-bond acceptors (Lipinski definition) is 4. The summed E-state index contributed by atoms with van der Waals surface area (Å²) in [5.74, 6) is 1.82. The first-order chi connectivity index (χ1) is 12.7. The molecular formula is C20H26N4O2. The van der Waals surface area contributed by atoms with E-state index >= 15 is 0 Å². The molecule has 26 heavy (non-hydrogen) atoms. The van der Waals surface area contributed by atoms with Gasteiger partial charge in [0.05, 0.1) is 6.61 Å². The second-order valence-corrected chi connectivity index (χ2v) is 6.46. The third kappa shape index (κ3) is 4.65. The van der Waals surface area contributed by atoms with Crippen molar-refractivity contribution in [1.82, 2.24) is 10.3 Å². The van der Waals surface area contributed by atoms with Gasteiger partial charge >= 0.3 is 6.03 Å². The summed E-state index contributed by atoms with van der Waals surface area (Å²) in [4.78, 5) is 19.0. The van der Waals surface area contributed by atoms with Crippen LogP contribution < -0.4 is 20.3 Å². The van der Waals surface area contributed by atoms with E-state index in [0.717, 1.165) is 48.7 Å². The summed E-state index contributed by atoms with van der Waals surface area (Å²) < 4.78 is 5.48. The number of benzene rings is 1. The van der Waals surface area contributed by atoms with Gasteiger partial charge in [-0.3, -0.25) is 0 Å². The van der Waals surface area contributed by atoms with Crippen molar-refractivity contribution in [3.63, 3.8) is 0 Å². The Morgan fingerprint density at radius 3 is 2.73 bits per heavy atom. The first-order valence-electron chi connectivity index (χ1n) is 9.12. The average molecular weight is 354 g/mol. The largest absolute Gasteiger partial charge is 0.494 e. The van der Waals surface area contributed by atoms with E-state index in [9.17, 15) is 4.79 Å². The molecule has 1 aromatic carbocycles. The molecule has 138 valence electrons. The minimum atomic E-state index is -0.159. The van der Waals surface area contributed by atoms with Gasteiger partial charge in [-0.25, -0.2) is 9.78 Å². The van der Waals surface area contributed by atoms with E-state index in [1.807, 2.05) is 56.4 Å². The number of carbonyl (C=O) groups is 1. The maximum atomic E-state index is 12.3. The maximum Gasteiger partial charge on any atom is 0.319 e. The monoisotopic (exact) mass is 354 g/mol. The number of hydrogen-bond donors (Lipinski definition) is 2. The first-order valence-corrected chi connectivity index (χ1v) is 9.12. The maximum absolute atomic E-state index is 12.3. The molecule has 1 saturated heterocycles. The fraction of sp³-hybridized carbons (Fsp3) is 0.400. The lowest BCUT2D eigenvalue weighted by molar-refractivity contribution is 0.246. The second kappa shape index (κ2) is 8.56. The molecule has 2 N–H and O–H groups in total. The number of carbonyl (C=O) groups excluding carboxylic acids is 1. The highest BCUT2D eigenvalue weighted by Crippen LogP contribution is 2.22. The Morgan fingerprint density at radius 2 is 2.08 bits per heavy atom. The van der Waals surface area contributed by atoms with Crippen molar-refractivity contribution in [2.24, 2.45) is 0 Å². The van der Waals surface area contributed by atoms with Crippen molar-refractivity contribution in [3.05, 3.63) is 48.2 Å². The van der Waals surface area contributed by atoms with E-state index in [-0.39, 0.29) is 12.1 Å². The highest BCUT2D eigenvalue weighted by atomic mass is 16.5. The fourth-order valence-corrected chi connectivity index (χ4v) is 3.17. The molecule has 2 heterocycles. The smallest absolute Gasteiger partial charge is 0.319 e. The second-order valence-electron chi connectivity index (χ2n) is 6.46. The Morgan fingerprint density at radius 1 is 1.27 bits per heavy atom. The molecule has 1 aliphatic heterocycles. The molecule has 6 heteroatoms. The minimum Gasteiger partial charge on any atom is -0.494 e.